The minimum atomic E-state index is -1.05. The van der Waals surface area contributed by atoms with Crippen LogP contribution in [-0.2, 0) is 11.4 Å². The zero-order valence-corrected chi connectivity index (χ0v) is 19.3. The van der Waals surface area contributed by atoms with Crippen molar-refractivity contribution in [1.29, 1.82) is 0 Å². The molecule has 1 aromatic heterocycles. The van der Waals surface area contributed by atoms with Crippen molar-refractivity contribution in [2.24, 2.45) is 0 Å². The smallest absolute Gasteiger partial charge is 0.326 e. The molecule has 0 fully saturated rings. The lowest BCUT2D eigenvalue weighted by Crippen LogP contribution is -2.41. The van der Waals surface area contributed by atoms with Gasteiger partial charge in [0, 0.05) is 11.8 Å². The summed E-state index contributed by atoms with van der Waals surface area (Å²) in [6.45, 7) is 0.294. The Labute approximate surface area is 197 Å². The summed E-state index contributed by atoms with van der Waals surface area (Å²) in [6.07, 6.45) is 5.55. The molecule has 0 saturated heterocycles. The van der Waals surface area contributed by atoms with Crippen LogP contribution in [0.3, 0.4) is 0 Å². The molecule has 33 heavy (non-hydrogen) atoms. The topological polar surface area (TPSA) is 97.8 Å². The Morgan fingerprint density at radius 2 is 1.91 bits per heavy atom. The van der Waals surface area contributed by atoms with E-state index < -0.39 is 17.9 Å². The number of aromatic nitrogens is 1. The number of nitrogens with zero attached hydrogens (tertiary/aromatic N) is 1. The first-order valence-corrected chi connectivity index (χ1v) is 11.7. The SMILES string of the molecule is COc1ccc(-c2cc(COc3cccnc3)ccc2C(=O)N[C@@H](CCSC)C(=O)O)cc1. The van der Waals surface area contributed by atoms with Gasteiger partial charge in [-0.3, -0.25) is 9.78 Å². The predicted octanol–water partition coefficient (Wildman–Crippen LogP) is 4.27. The highest BCUT2D eigenvalue weighted by atomic mass is 32.2. The molecule has 172 valence electrons. The number of thioether (sulfide) groups is 1. The number of methoxy groups -OCH3 is 1. The number of hydrogen-bond donors (Lipinski definition) is 2. The first kappa shape index (κ1) is 24.1. The average Bonchev–Trinajstić information content (AvgIpc) is 2.85. The van der Waals surface area contributed by atoms with Gasteiger partial charge in [-0.2, -0.15) is 11.8 Å². The number of carboxylic acids is 1. The number of carbonyl (C=O) groups excluding carboxylic acids is 1. The van der Waals surface area contributed by atoms with E-state index in [0.29, 0.717) is 41.4 Å². The van der Waals surface area contributed by atoms with Crippen LogP contribution in [0.4, 0.5) is 0 Å². The first-order valence-electron chi connectivity index (χ1n) is 10.3. The Hall–Kier alpha value is -3.52. The molecule has 0 bridgehead atoms. The highest BCUT2D eigenvalue weighted by Gasteiger charge is 2.22. The summed E-state index contributed by atoms with van der Waals surface area (Å²) in [5, 5.41) is 12.2. The van der Waals surface area contributed by atoms with E-state index in [-0.39, 0.29) is 0 Å². The molecule has 1 atom stereocenters. The van der Waals surface area contributed by atoms with Crippen molar-refractivity contribution in [2.75, 3.05) is 19.1 Å². The minimum Gasteiger partial charge on any atom is -0.497 e. The lowest BCUT2D eigenvalue weighted by atomic mass is 9.96. The van der Waals surface area contributed by atoms with Crippen molar-refractivity contribution in [2.45, 2.75) is 19.1 Å². The highest BCUT2D eigenvalue weighted by Crippen LogP contribution is 2.28. The normalized spacial score (nSPS) is 11.5. The molecule has 0 aliphatic carbocycles. The molecule has 2 aromatic carbocycles. The van der Waals surface area contributed by atoms with Crippen molar-refractivity contribution < 1.29 is 24.2 Å². The van der Waals surface area contributed by atoms with E-state index in [2.05, 4.69) is 10.3 Å². The van der Waals surface area contributed by atoms with E-state index in [1.54, 1.807) is 37.7 Å². The molecular formula is C25H26N2O5S. The highest BCUT2D eigenvalue weighted by molar-refractivity contribution is 7.98. The van der Waals surface area contributed by atoms with Gasteiger partial charge in [0.1, 0.15) is 24.1 Å². The van der Waals surface area contributed by atoms with Crippen LogP contribution in [0.2, 0.25) is 0 Å². The van der Waals surface area contributed by atoms with E-state index >= 15 is 0 Å². The Balaban J connectivity index is 1.90. The van der Waals surface area contributed by atoms with Crippen LogP contribution < -0.4 is 14.8 Å². The van der Waals surface area contributed by atoms with Gasteiger partial charge < -0.3 is 19.9 Å². The summed E-state index contributed by atoms with van der Waals surface area (Å²) in [6, 6.07) is 15.4. The van der Waals surface area contributed by atoms with E-state index in [4.69, 9.17) is 9.47 Å². The Kier molecular flexibility index (Phi) is 8.71. The zero-order chi connectivity index (χ0) is 23.6. The molecule has 0 saturated carbocycles. The molecule has 8 heteroatoms. The molecule has 2 N–H and O–H groups in total. The fourth-order valence-electron chi connectivity index (χ4n) is 3.22. The summed E-state index contributed by atoms with van der Waals surface area (Å²) in [7, 11) is 1.59. The maximum atomic E-state index is 13.1. The number of rotatable bonds is 11. The third-order valence-corrected chi connectivity index (χ3v) is 5.63. The summed E-state index contributed by atoms with van der Waals surface area (Å²) < 4.78 is 11.0. The maximum absolute atomic E-state index is 13.1. The Bertz CT molecular complexity index is 1070. The number of benzene rings is 2. The standard InChI is InChI=1S/C25H26N2O5S/c1-31-19-8-6-18(7-9-19)22-14-17(16-32-20-4-3-12-26-15-20)5-10-21(22)24(28)27-23(25(29)30)11-13-33-2/h3-10,12,14-15,23H,11,13,16H2,1-2H3,(H,27,28)(H,29,30)/t23-/m0/s1. The van der Waals surface area contributed by atoms with E-state index in [0.717, 1.165) is 11.1 Å². The molecule has 0 unspecified atom stereocenters. The van der Waals surface area contributed by atoms with Crippen molar-refractivity contribution in [3.63, 3.8) is 0 Å². The third kappa shape index (κ3) is 6.73. The van der Waals surface area contributed by atoms with Crippen LogP contribution in [0.15, 0.2) is 67.0 Å². The quantitative estimate of drug-likeness (QED) is 0.435. The van der Waals surface area contributed by atoms with Gasteiger partial charge in [-0.1, -0.05) is 18.2 Å². The van der Waals surface area contributed by atoms with E-state index in [9.17, 15) is 14.7 Å². The molecule has 1 heterocycles. The Morgan fingerprint density at radius 1 is 1.12 bits per heavy atom. The number of hydrogen-bond acceptors (Lipinski definition) is 6. The molecule has 3 rings (SSSR count). The van der Waals surface area contributed by atoms with Crippen molar-refractivity contribution in [3.8, 4) is 22.6 Å². The molecule has 0 radical (unpaired) electrons. The van der Waals surface area contributed by atoms with Gasteiger partial charge in [-0.15, -0.1) is 0 Å². The molecule has 1 amide bonds. The van der Waals surface area contributed by atoms with Crippen molar-refractivity contribution >= 4 is 23.6 Å². The summed E-state index contributed by atoms with van der Waals surface area (Å²) >= 11 is 1.53. The van der Waals surface area contributed by atoms with E-state index in [1.807, 2.05) is 42.7 Å². The number of nitrogens with one attached hydrogen (secondary N) is 1. The monoisotopic (exact) mass is 466 g/mol. The number of amides is 1. The van der Waals surface area contributed by atoms with Crippen LogP contribution in [0.1, 0.15) is 22.3 Å². The molecule has 7 nitrogen and oxygen atoms in total. The summed E-state index contributed by atoms with van der Waals surface area (Å²) in [5.74, 6) is 0.485. The second-order valence-corrected chi connectivity index (χ2v) is 8.22. The molecule has 0 aliphatic rings. The molecule has 0 spiro atoms. The number of carboxylic acid groups (broad SMARTS) is 1. The van der Waals surface area contributed by atoms with Crippen LogP contribution in [-0.4, -0.2) is 47.1 Å². The van der Waals surface area contributed by atoms with Gasteiger partial charge in [0.25, 0.3) is 5.91 Å². The molecule has 0 aliphatic heterocycles. The predicted molar refractivity (Wildman–Crippen MR) is 129 cm³/mol. The fourth-order valence-corrected chi connectivity index (χ4v) is 3.69. The van der Waals surface area contributed by atoms with Gasteiger partial charge in [0.2, 0.25) is 0 Å². The molecule has 3 aromatic rings. The lowest BCUT2D eigenvalue weighted by Gasteiger charge is -2.17. The van der Waals surface area contributed by atoms with Gasteiger partial charge in [-0.05, 0) is 71.5 Å². The zero-order valence-electron chi connectivity index (χ0n) is 18.5. The van der Waals surface area contributed by atoms with Gasteiger partial charge in [0.15, 0.2) is 0 Å². The minimum absolute atomic E-state index is 0.294. The van der Waals surface area contributed by atoms with E-state index in [1.165, 1.54) is 11.8 Å². The Morgan fingerprint density at radius 3 is 2.55 bits per heavy atom. The van der Waals surface area contributed by atoms with Crippen molar-refractivity contribution in [1.82, 2.24) is 10.3 Å². The number of aliphatic carboxylic acids is 1. The van der Waals surface area contributed by atoms with Crippen LogP contribution in [0.5, 0.6) is 11.5 Å². The van der Waals surface area contributed by atoms with Gasteiger partial charge in [0.05, 0.1) is 13.3 Å². The lowest BCUT2D eigenvalue weighted by molar-refractivity contribution is -0.139. The number of carbonyl (C=O) groups is 2. The number of ether oxygens (including phenoxy) is 2. The second-order valence-electron chi connectivity index (χ2n) is 7.23. The van der Waals surface area contributed by atoms with Crippen LogP contribution >= 0.6 is 11.8 Å². The van der Waals surface area contributed by atoms with Gasteiger partial charge in [-0.25, -0.2) is 4.79 Å². The van der Waals surface area contributed by atoms with Crippen molar-refractivity contribution in [3.05, 3.63) is 78.1 Å². The first-order chi connectivity index (χ1) is 16.0. The van der Waals surface area contributed by atoms with Crippen LogP contribution in [0.25, 0.3) is 11.1 Å². The molecular weight excluding hydrogens is 440 g/mol. The largest absolute Gasteiger partial charge is 0.497 e. The van der Waals surface area contributed by atoms with Crippen LogP contribution in [0, 0.1) is 0 Å². The summed E-state index contributed by atoms with van der Waals surface area (Å²) in [4.78, 5) is 28.7. The second kappa shape index (κ2) is 11.9. The number of pyridine rings is 1. The average molecular weight is 467 g/mol. The third-order valence-electron chi connectivity index (χ3n) is 4.98. The fraction of sp³-hybridized carbons (Fsp3) is 0.240. The summed E-state index contributed by atoms with van der Waals surface area (Å²) in [5.41, 5.74) is 2.73. The maximum Gasteiger partial charge on any atom is 0.326 e. The van der Waals surface area contributed by atoms with Gasteiger partial charge >= 0.3 is 5.97 Å².